The number of nitrogens with zero attached hydrogens (tertiary/aromatic N) is 1. The minimum atomic E-state index is -1.04. The molecule has 0 aliphatic carbocycles. The molecule has 2 fully saturated rings. The van der Waals surface area contributed by atoms with Gasteiger partial charge in [0.2, 0.25) is 11.8 Å². The van der Waals surface area contributed by atoms with Crippen LogP contribution < -0.4 is 15.8 Å². The van der Waals surface area contributed by atoms with E-state index in [4.69, 9.17) is 10.5 Å². The van der Waals surface area contributed by atoms with E-state index in [1.165, 1.54) is 16.7 Å². The minimum Gasteiger partial charge on any atom is -0.494 e. The molecule has 2 aliphatic rings. The molecule has 4 atom stereocenters. The number of nitrogens with one attached hydrogen (secondary N) is 1. The van der Waals surface area contributed by atoms with Crippen molar-refractivity contribution in [3.05, 3.63) is 29.8 Å². The summed E-state index contributed by atoms with van der Waals surface area (Å²) in [6.07, 6.45) is 3.23. The molecular weight excluding hydrogens is 406 g/mol. The van der Waals surface area contributed by atoms with E-state index in [1.807, 2.05) is 0 Å². The van der Waals surface area contributed by atoms with Crippen molar-refractivity contribution in [2.75, 3.05) is 6.61 Å². The van der Waals surface area contributed by atoms with E-state index >= 15 is 0 Å². The Kier molecular flexibility index (Phi) is 6.62. The Morgan fingerprint density at radius 1 is 1.30 bits per heavy atom. The number of ether oxygens (including phenoxy) is 1. The van der Waals surface area contributed by atoms with E-state index in [0.717, 1.165) is 25.0 Å². The number of carbonyl (C=O) groups excluding carboxylic acids is 2. The number of β-lactam (4-membered cyclic amide) rings is 1. The van der Waals surface area contributed by atoms with Crippen LogP contribution in [-0.2, 0) is 14.4 Å². The van der Waals surface area contributed by atoms with Crippen molar-refractivity contribution in [1.29, 1.82) is 0 Å². The van der Waals surface area contributed by atoms with Crippen molar-refractivity contribution in [2.45, 2.75) is 68.3 Å². The van der Waals surface area contributed by atoms with Gasteiger partial charge >= 0.3 is 5.97 Å². The molecule has 8 nitrogen and oxygen atoms in total. The summed E-state index contributed by atoms with van der Waals surface area (Å²) in [6.45, 7) is 6.36. The lowest BCUT2D eigenvalue weighted by Gasteiger charge is -2.43. The monoisotopic (exact) mass is 435 g/mol. The average Bonchev–Trinajstić information content (AvgIpc) is 2.97. The molecule has 1 aromatic rings. The number of carboxylic acids is 1. The fraction of sp³-hybridized carbons (Fsp3) is 0.571. The van der Waals surface area contributed by atoms with Gasteiger partial charge in [-0.1, -0.05) is 31.9 Å². The predicted octanol–water partition coefficient (Wildman–Crippen LogP) is 1.89. The number of rotatable bonds is 9. The Morgan fingerprint density at radius 2 is 1.97 bits per heavy atom. The summed E-state index contributed by atoms with van der Waals surface area (Å²) in [4.78, 5) is 38.0. The van der Waals surface area contributed by atoms with Gasteiger partial charge in [0.1, 0.15) is 29.2 Å². The fourth-order valence-electron chi connectivity index (χ4n) is 3.85. The molecular formula is C21H29N3O5S. The molecule has 1 unspecified atom stereocenters. The van der Waals surface area contributed by atoms with E-state index < -0.39 is 40.1 Å². The second-order valence-electron chi connectivity index (χ2n) is 8.19. The first kappa shape index (κ1) is 22.4. The lowest BCUT2D eigenvalue weighted by Crippen LogP contribution is -2.71. The summed E-state index contributed by atoms with van der Waals surface area (Å²) in [5, 5.41) is 11.8. The fourth-order valence-corrected chi connectivity index (χ4v) is 5.48. The topological polar surface area (TPSA) is 122 Å². The van der Waals surface area contributed by atoms with Gasteiger partial charge in [0.15, 0.2) is 0 Å². The number of aliphatic carboxylic acids is 1. The number of unbranched alkanes of at least 4 members (excludes halogenated alkanes) is 2. The van der Waals surface area contributed by atoms with Crippen LogP contribution in [0.1, 0.15) is 51.6 Å². The number of hydrogen-bond donors (Lipinski definition) is 3. The first-order valence-electron chi connectivity index (χ1n) is 10.2. The van der Waals surface area contributed by atoms with E-state index in [-0.39, 0.29) is 5.91 Å². The number of amides is 2. The summed E-state index contributed by atoms with van der Waals surface area (Å²) < 4.78 is 5.02. The molecule has 0 bridgehead atoms. The highest BCUT2D eigenvalue weighted by molar-refractivity contribution is 8.01. The van der Waals surface area contributed by atoms with Crippen molar-refractivity contribution in [2.24, 2.45) is 5.73 Å². The molecule has 0 saturated carbocycles. The molecule has 0 aromatic heterocycles. The zero-order valence-corrected chi connectivity index (χ0v) is 18.3. The largest absolute Gasteiger partial charge is 0.494 e. The minimum absolute atomic E-state index is 0.387. The predicted molar refractivity (Wildman–Crippen MR) is 114 cm³/mol. The smallest absolute Gasteiger partial charge is 0.327 e. The third kappa shape index (κ3) is 4.27. The zero-order valence-electron chi connectivity index (χ0n) is 17.5. The number of nitrogens with two attached hydrogens (primary N) is 1. The van der Waals surface area contributed by atoms with Crippen LogP contribution in [0.4, 0.5) is 0 Å². The van der Waals surface area contributed by atoms with Crippen molar-refractivity contribution in [1.82, 2.24) is 10.2 Å². The van der Waals surface area contributed by atoms with E-state index in [9.17, 15) is 19.5 Å². The maximum absolute atomic E-state index is 12.6. The molecule has 4 N–H and O–H groups in total. The van der Waals surface area contributed by atoms with Crippen LogP contribution in [0.3, 0.4) is 0 Å². The van der Waals surface area contributed by atoms with E-state index in [1.54, 1.807) is 38.1 Å². The lowest BCUT2D eigenvalue weighted by molar-refractivity contribution is -0.161. The van der Waals surface area contributed by atoms with Crippen LogP contribution in [0, 0.1) is 0 Å². The Labute approximate surface area is 180 Å². The first-order valence-corrected chi connectivity index (χ1v) is 11.1. The van der Waals surface area contributed by atoms with Gasteiger partial charge in [-0.3, -0.25) is 9.59 Å². The standard InChI is InChI=1S/C21H29N3O5S/c1-4-5-6-11-29-13-9-7-12(8-10-13)14(22)17(25)23-15-18(26)24-16(20(27)28)21(2,3)30-19(15)24/h7-10,14-16,19H,4-6,11,22H2,1-3H3,(H,23,25)(H,27,28)/t14?,15-,16+,19-/m1/s1. The molecule has 2 amide bonds. The van der Waals surface area contributed by atoms with Crippen molar-refractivity contribution in [3.63, 3.8) is 0 Å². The molecule has 0 spiro atoms. The maximum atomic E-state index is 12.6. The van der Waals surface area contributed by atoms with Gasteiger partial charge in [0.05, 0.1) is 6.61 Å². The summed E-state index contributed by atoms with van der Waals surface area (Å²) in [7, 11) is 0. The quantitative estimate of drug-likeness (QED) is 0.400. The third-order valence-corrected chi connectivity index (χ3v) is 7.08. The second kappa shape index (κ2) is 8.85. The molecule has 2 aliphatic heterocycles. The molecule has 0 radical (unpaired) electrons. The molecule has 2 heterocycles. The number of hydrogen-bond acceptors (Lipinski definition) is 6. The number of carboxylic acid groups (broad SMARTS) is 1. The average molecular weight is 436 g/mol. The van der Waals surface area contributed by atoms with Crippen LogP contribution in [0.15, 0.2) is 24.3 Å². The Balaban J connectivity index is 1.58. The zero-order chi connectivity index (χ0) is 22.1. The van der Waals surface area contributed by atoms with Gasteiger partial charge < -0.3 is 25.8 Å². The number of thioether (sulfide) groups is 1. The number of carbonyl (C=O) groups is 3. The lowest BCUT2D eigenvalue weighted by atomic mass is 9.95. The van der Waals surface area contributed by atoms with Crippen molar-refractivity contribution < 1.29 is 24.2 Å². The normalized spacial score (nSPS) is 25.3. The summed E-state index contributed by atoms with van der Waals surface area (Å²) in [5.74, 6) is -1.18. The maximum Gasteiger partial charge on any atom is 0.327 e. The van der Waals surface area contributed by atoms with Crippen LogP contribution in [0.25, 0.3) is 0 Å². The summed E-state index contributed by atoms with van der Waals surface area (Å²) in [5.41, 5.74) is 6.70. The van der Waals surface area contributed by atoms with Crippen LogP contribution in [0.5, 0.6) is 5.75 Å². The molecule has 30 heavy (non-hydrogen) atoms. The highest BCUT2D eigenvalue weighted by Crippen LogP contribution is 2.50. The molecule has 164 valence electrons. The van der Waals surface area contributed by atoms with Gasteiger partial charge in [-0.05, 0) is 38.0 Å². The van der Waals surface area contributed by atoms with Gasteiger partial charge in [-0.2, -0.15) is 0 Å². The SMILES string of the molecule is CCCCCOc1ccc(C(N)C(=O)N[C@@H]2C(=O)N3[C@@H]2SC(C)(C)[C@@H]3C(=O)O)cc1. The number of fused-ring (bicyclic) bond motifs is 1. The van der Waals surface area contributed by atoms with Gasteiger partial charge in [-0.15, -0.1) is 11.8 Å². The van der Waals surface area contributed by atoms with Gasteiger partial charge in [-0.25, -0.2) is 4.79 Å². The first-order chi connectivity index (χ1) is 14.2. The van der Waals surface area contributed by atoms with E-state index in [0.29, 0.717) is 12.2 Å². The van der Waals surface area contributed by atoms with Crippen LogP contribution in [0.2, 0.25) is 0 Å². The molecule has 9 heteroatoms. The second-order valence-corrected chi connectivity index (χ2v) is 9.96. The van der Waals surface area contributed by atoms with E-state index in [2.05, 4.69) is 12.2 Å². The molecule has 2 saturated heterocycles. The van der Waals surface area contributed by atoms with Gasteiger partial charge in [0.25, 0.3) is 0 Å². The summed E-state index contributed by atoms with van der Waals surface area (Å²) >= 11 is 1.38. The summed E-state index contributed by atoms with van der Waals surface area (Å²) in [6, 6.07) is 4.42. The van der Waals surface area contributed by atoms with Crippen molar-refractivity contribution >= 4 is 29.5 Å². The van der Waals surface area contributed by atoms with Crippen molar-refractivity contribution in [3.8, 4) is 5.75 Å². The third-order valence-electron chi connectivity index (χ3n) is 5.51. The highest BCUT2D eigenvalue weighted by Gasteiger charge is 2.64. The Hall–Kier alpha value is -2.26. The van der Waals surface area contributed by atoms with Crippen LogP contribution >= 0.6 is 11.8 Å². The highest BCUT2D eigenvalue weighted by atomic mass is 32.2. The Bertz CT molecular complexity index is 813. The van der Waals surface area contributed by atoms with Gasteiger partial charge in [0, 0.05) is 4.75 Å². The van der Waals surface area contributed by atoms with Crippen LogP contribution in [-0.4, -0.2) is 56.6 Å². The Morgan fingerprint density at radius 3 is 2.57 bits per heavy atom. The molecule has 1 aromatic carbocycles. The number of benzene rings is 1. The molecule has 3 rings (SSSR count).